The molecule has 6 heteroatoms. The molecule has 0 aromatic heterocycles. The zero-order chi connectivity index (χ0) is 19.3. The molecule has 0 heterocycles. The molecule has 0 aromatic rings. The smallest absolute Gasteiger partial charge is 0.343 e. The Morgan fingerprint density at radius 2 is 1.08 bits per heavy atom. The predicted octanol–water partition coefficient (Wildman–Crippen LogP) is 5.86. The van der Waals surface area contributed by atoms with Gasteiger partial charge >= 0.3 is 17.1 Å². The highest BCUT2D eigenvalue weighted by Gasteiger charge is 2.46. The Labute approximate surface area is 154 Å². The van der Waals surface area contributed by atoms with E-state index in [-0.39, 0.29) is 5.04 Å². The molecule has 0 aromatic carbocycles. The molecule has 0 saturated heterocycles. The van der Waals surface area contributed by atoms with Gasteiger partial charge in [0.2, 0.25) is 0 Å². The molecule has 0 aliphatic carbocycles. The van der Waals surface area contributed by atoms with Crippen LogP contribution in [0.5, 0.6) is 0 Å². The Morgan fingerprint density at radius 3 is 1.29 bits per heavy atom. The van der Waals surface area contributed by atoms with Gasteiger partial charge in [-0.2, -0.15) is 0 Å². The number of hydrogen-bond acceptors (Lipinski definition) is 4. The molecular weight excluding hydrogens is 336 g/mol. The maximum absolute atomic E-state index is 5.61. The van der Waals surface area contributed by atoms with E-state index >= 15 is 0 Å². The second kappa shape index (κ2) is 13.5. The maximum Gasteiger partial charge on any atom is 0.343 e. The van der Waals surface area contributed by atoms with Crippen molar-refractivity contribution in [1.82, 2.24) is 0 Å². The van der Waals surface area contributed by atoms with Gasteiger partial charge in [-0.25, -0.2) is 0 Å². The Balaban J connectivity index is 0. The lowest BCUT2D eigenvalue weighted by Gasteiger charge is -2.38. The van der Waals surface area contributed by atoms with Crippen LogP contribution in [-0.4, -0.2) is 45.6 Å². The number of unbranched alkanes of at least 4 members (excludes halogenated alkanes) is 1. The van der Waals surface area contributed by atoms with E-state index in [2.05, 4.69) is 41.5 Å². The van der Waals surface area contributed by atoms with Gasteiger partial charge in [-0.3, -0.25) is 0 Å². The fourth-order valence-electron chi connectivity index (χ4n) is 3.05. The number of hydrogen-bond donors (Lipinski definition) is 0. The van der Waals surface area contributed by atoms with Crippen molar-refractivity contribution in [2.45, 2.75) is 90.4 Å². The molecule has 0 atom stereocenters. The van der Waals surface area contributed by atoms with Crippen molar-refractivity contribution in [3.63, 3.8) is 0 Å². The van der Waals surface area contributed by atoms with Crippen molar-refractivity contribution in [3.8, 4) is 0 Å². The lowest BCUT2D eigenvalue weighted by atomic mass is 10.2. The lowest BCUT2D eigenvalue weighted by molar-refractivity contribution is 0.213. The summed E-state index contributed by atoms with van der Waals surface area (Å²) in [5.41, 5.74) is 0. The van der Waals surface area contributed by atoms with E-state index in [4.69, 9.17) is 17.7 Å². The third-order valence-corrected chi connectivity index (χ3v) is 13.3. The highest BCUT2D eigenvalue weighted by Crippen LogP contribution is 2.40. The van der Waals surface area contributed by atoms with Crippen molar-refractivity contribution in [2.24, 2.45) is 0 Å². The zero-order valence-electron chi connectivity index (χ0n) is 18.1. The van der Waals surface area contributed by atoms with E-state index in [1.165, 1.54) is 12.8 Å². The van der Waals surface area contributed by atoms with Crippen LogP contribution in [0.4, 0.5) is 0 Å². The summed E-state index contributed by atoms with van der Waals surface area (Å²) in [5, 5.41) is 0.159. The van der Waals surface area contributed by atoms with Crippen LogP contribution in [-0.2, 0) is 17.7 Å². The van der Waals surface area contributed by atoms with Crippen molar-refractivity contribution in [1.29, 1.82) is 0 Å². The normalized spacial score (nSPS) is 12.8. The first-order chi connectivity index (χ1) is 11.2. The largest absolute Gasteiger partial charge is 0.398 e. The quantitative estimate of drug-likeness (QED) is 0.420. The highest BCUT2D eigenvalue weighted by molar-refractivity contribution is 6.70. The van der Waals surface area contributed by atoms with E-state index < -0.39 is 17.1 Å². The molecule has 4 nitrogen and oxygen atoms in total. The van der Waals surface area contributed by atoms with Crippen LogP contribution in [0.1, 0.15) is 67.2 Å². The summed E-state index contributed by atoms with van der Waals surface area (Å²) in [6.07, 6.45) is 4.75. The third-order valence-electron chi connectivity index (χ3n) is 4.67. The Kier molecular flexibility index (Phi) is 14.9. The molecule has 0 bridgehead atoms. The van der Waals surface area contributed by atoms with Crippen LogP contribution >= 0.6 is 0 Å². The summed E-state index contributed by atoms with van der Waals surface area (Å²) in [7, 11) is 3.42. The van der Waals surface area contributed by atoms with Gasteiger partial charge in [0, 0.05) is 33.5 Å². The summed E-state index contributed by atoms with van der Waals surface area (Å²) in [6.45, 7) is 13.2. The van der Waals surface area contributed by atoms with E-state index in [1.807, 2.05) is 0 Å². The fraction of sp³-hybridized carbons (Fsp3) is 1.00. The first-order valence-corrected chi connectivity index (χ1v) is 13.6. The minimum absolute atomic E-state index is 0.159. The Hall–Kier alpha value is 0.274. The van der Waals surface area contributed by atoms with E-state index in [9.17, 15) is 0 Å². The summed E-state index contributed by atoms with van der Waals surface area (Å²) in [5.74, 6) is 0. The molecule has 0 N–H and O–H groups in total. The molecule has 0 fully saturated rings. The van der Waals surface area contributed by atoms with Crippen LogP contribution in [0.25, 0.3) is 0 Å². The van der Waals surface area contributed by atoms with Gasteiger partial charge in [-0.15, -0.1) is 0 Å². The molecule has 24 heavy (non-hydrogen) atoms. The topological polar surface area (TPSA) is 36.9 Å². The molecule has 0 spiro atoms. The molecule has 0 amide bonds. The second-order valence-electron chi connectivity index (χ2n) is 7.33. The average molecular weight is 381 g/mol. The van der Waals surface area contributed by atoms with Gasteiger partial charge < -0.3 is 17.7 Å². The maximum atomic E-state index is 5.61. The average Bonchev–Trinajstić information content (AvgIpc) is 2.56. The molecule has 0 radical (unpaired) electrons. The Bertz CT molecular complexity index is 285. The van der Waals surface area contributed by atoms with Gasteiger partial charge in [0.25, 0.3) is 0 Å². The standard InChI is InChI=1S/2C9H22O2Si/c1-7-8-12(10-5,11-6)9(2,3)4;1-5-7-9-12(10-3,11-4)8-6-2/h7-8H2,1-6H3;5-9H2,1-4H3. The first kappa shape index (κ1) is 26.5. The third kappa shape index (κ3) is 8.58. The van der Waals surface area contributed by atoms with Gasteiger partial charge in [-0.05, 0) is 18.1 Å². The molecule has 0 rings (SSSR count). The minimum Gasteiger partial charge on any atom is -0.398 e. The highest BCUT2D eigenvalue weighted by atomic mass is 28.4. The van der Waals surface area contributed by atoms with Crippen LogP contribution in [0, 0.1) is 0 Å². The summed E-state index contributed by atoms with van der Waals surface area (Å²) >= 11 is 0. The second-order valence-corrected chi connectivity index (χ2v) is 15.3. The van der Waals surface area contributed by atoms with Crippen molar-refractivity contribution in [2.75, 3.05) is 28.4 Å². The minimum atomic E-state index is -1.95. The molecule has 148 valence electrons. The van der Waals surface area contributed by atoms with Gasteiger partial charge in [0.15, 0.2) is 0 Å². The van der Waals surface area contributed by atoms with Gasteiger partial charge in [0.1, 0.15) is 0 Å². The lowest BCUT2D eigenvalue weighted by Crippen LogP contribution is -2.48. The molecular formula is C18H44O4Si2. The molecule has 0 saturated carbocycles. The number of rotatable bonds is 11. The van der Waals surface area contributed by atoms with E-state index in [0.29, 0.717) is 0 Å². The van der Waals surface area contributed by atoms with Crippen molar-refractivity contribution < 1.29 is 17.7 Å². The fourth-order valence-corrected chi connectivity index (χ4v) is 9.14. The zero-order valence-corrected chi connectivity index (χ0v) is 20.1. The molecule has 0 aliphatic heterocycles. The van der Waals surface area contributed by atoms with Gasteiger partial charge in [0.05, 0.1) is 0 Å². The molecule has 0 unspecified atom stereocenters. The van der Waals surface area contributed by atoms with E-state index in [0.717, 1.165) is 31.0 Å². The van der Waals surface area contributed by atoms with Crippen molar-refractivity contribution in [3.05, 3.63) is 0 Å². The van der Waals surface area contributed by atoms with Gasteiger partial charge in [-0.1, -0.05) is 67.2 Å². The van der Waals surface area contributed by atoms with Crippen LogP contribution in [0.2, 0.25) is 23.2 Å². The molecule has 0 aliphatic rings. The van der Waals surface area contributed by atoms with Crippen LogP contribution in [0.3, 0.4) is 0 Å². The Morgan fingerprint density at radius 1 is 0.625 bits per heavy atom. The SMILES string of the molecule is CCCC[Si](CCC)(OC)OC.CCC[Si](OC)(OC)C(C)(C)C. The summed E-state index contributed by atoms with van der Waals surface area (Å²) in [6, 6.07) is 3.34. The van der Waals surface area contributed by atoms with E-state index in [1.54, 1.807) is 28.4 Å². The monoisotopic (exact) mass is 380 g/mol. The summed E-state index contributed by atoms with van der Waals surface area (Å²) < 4.78 is 22.3. The van der Waals surface area contributed by atoms with Crippen LogP contribution in [0.15, 0.2) is 0 Å². The van der Waals surface area contributed by atoms with Crippen molar-refractivity contribution >= 4 is 17.1 Å². The summed E-state index contributed by atoms with van der Waals surface area (Å²) in [4.78, 5) is 0. The first-order valence-electron chi connectivity index (χ1n) is 9.38. The van der Waals surface area contributed by atoms with Crippen LogP contribution < -0.4 is 0 Å². The predicted molar refractivity (Wildman–Crippen MR) is 109 cm³/mol.